The van der Waals surface area contributed by atoms with Crippen molar-refractivity contribution in [2.75, 3.05) is 12.4 Å². The predicted molar refractivity (Wildman–Crippen MR) is 118 cm³/mol. The molecule has 0 unspecified atom stereocenters. The lowest BCUT2D eigenvalue weighted by atomic mass is 10.1. The fourth-order valence-electron chi connectivity index (χ4n) is 2.82. The van der Waals surface area contributed by atoms with Gasteiger partial charge in [-0.2, -0.15) is 0 Å². The van der Waals surface area contributed by atoms with Gasteiger partial charge in [-0.3, -0.25) is 0 Å². The maximum Gasteiger partial charge on any atom is 0.191 e. The molecule has 6 heteroatoms. The number of ether oxygens (including phenoxy) is 1. The number of aryl methyl sites for hydroxylation is 2. The monoisotopic (exact) mass is 411 g/mol. The van der Waals surface area contributed by atoms with Crippen LogP contribution in [0.15, 0.2) is 71.2 Å². The van der Waals surface area contributed by atoms with Crippen molar-refractivity contribution in [1.82, 2.24) is 14.8 Å². The van der Waals surface area contributed by atoms with E-state index in [0.717, 1.165) is 28.2 Å². The first-order chi connectivity index (χ1) is 13.7. The molecule has 0 aliphatic rings. The zero-order chi connectivity index (χ0) is 19.8. The number of hydrogen-bond donors (Lipinski definition) is 0. The minimum absolute atomic E-state index is 0.628. The molecule has 0 atom stereocenters. The maximum atomic E-state index is 5.90. The van der Waals surface area contributed by atoms with Gasteiger partial charge in [-0.25, -0.2) is 0 Å². The molecule has 4 nitrogen and oxygen atoms in total. The number of aromatic nitrogens is 3. The average Bonchev–Trinajstić information content (AvgIpc) is 3.06. The van der Waals surface area contributed by atoms with Crippen molar-refractivity contribution in [3.63, 3.8) is 0 Å². The summed E-state index contributed by atoms with van der Waals surface area (Å²) in [5.41, 5.74) is 2.43. The van der Waals surface area contributed by atoms with E-state index in [0.29, 0.717) is 13.2 Å². The van der Waals surface area contributed by atoms with Crippen LogP contribution in [0.1, 0.15) is 17.0 Å². The molecule has 0 saturated carbocycles. The third-order valence-electron chi connectivity index (χ3n) is 3.99. The molecule has 1 aromatic heterocycles. The Balaban J connectivity index is 1.55. The van der Waals surface area contributed by atoms with E-state index in [1.807, 2.05) is 24.3 Å². The number of hydrogen-bond acceptors (Lipinski definition) is 5. The third kappa shape index (κ3) is 5.91. The van der Waals surface area contributed by atoms with Crippen molar-refractivity contribution in [3.05, 3.63) is 78.1 Å². The van der Waals surface area contributed by atoms with Crippen LogP contribution in [0.4, 0.5) is 0 Å². The molecule has 28 heavy (non-hydrogen) atoms. The van der Waals surface area contributed by atoms with Crippen LogP contribution in [0.2, 0.25) is 0 Å². The molecule has 0 bridgehead atoms. The van der Waals surface area contributed by atoms with Gasteiger partial charge in [0, 0.05) is 17.2 Å². The van der Waals surface area contributed by atoms with Gasteiger partial charge < -0.3 is 9.30 Å². The highest BCUT2D eigenvalue weighted by Gasteiger charge is 2.12. The molecule has 1 heterocycles. The molecule has 3 aromatic rings. The summed E-state index contributed by atoms with van der Waals surface area (Å²) in [6.45, 7) is 9.37. The average molecular weight is 412 g/mol. The topological polar surface area (TPSA) is 39.9 Å². The maximum absolute atomic E-state index is 5.90. The first kappa shape index (κ1) is 20.6. The fraction of sp³-hybridized carbons (Fsp3) is 0.273. The van der Waals surface area contributed by atoms with Gasteiger partial charge in [-0.1, -0.05) is 42.1 Å². The Hall–Kier alpha value is -2.18. The lowest BCUT2D eigenvalue weighted by Crippen LogP contribution is -2.05. The minimum Gasteiger partial charge on any atom is -0.493 e. The summed E-state index contributed by atoms with van der Waals surface area (Å²) in [5.74, 6) is 3.48. The number of benzene rings is 2. The summed E-state index contributed by atoms with van der Waals surface area (Å²) in [4.78, 5) is 1.23. The van der Waals surface area contributed by atoms with Gasteiger partial charge >= 0.3 is 0 Å². The predicted octanol–water partition coefficient (Wildman–Crippen LogP) is 5.54. The van der Waals surface area contributed by atoms with E-state index in [2.05, 4.69) is 65.5 Å². The van der Waals surface area contributed by atoms with Crippen LogP contribution >= 0.6 is 23.5 Å². The highest BCUT2D eigenvalue weighted by molar-refractivity contribution is 7.99. The first-order valence-corrected chi connectivity index (χ1v) is 11.2. The van der Waals surface area contributed by atoms with Gasteiger partial charge in [-0.05, 0) is 49.2 Å². The van der Waals surface area contributed by atoms with Crippen LogP contribution in [0, 0.1) is 13.8 Å². The largest absolute Gasteiger partial charge is 0.493 e. The van der Waals surface area contributed by atoms with E-state index in [1.54, 1.807) is 23.5 Å². The lowest BCUT2D eigenvalue weighted by molar-refractivity contribution is 0.343. The Morgan fingerprint density at radius 1 is 1.04 bits per heavy atom. The summed E-state index contributed by atoms with van der Waals surface area (Å²) in [7, 11) is 0. The quantitative estimate of drug-likeness (QED) is 0.249. The third-order valence-corrected chi connectivity index (χ3v) is 5.93. The first-order valence-electron chi connectivity index (χ1n) is 9.20. The molecule has 3 rings (SSSR count). The summed E-state index contributed by atoms with van der Waals surface area (Å²) < 4.78 is 8.03. The molecular formula is C22H25N3OS2. The lowest BCUT2D eigenvalue weighted by Gasteiger charge is -2.09. The van der Waals surface area contributed by atoms with Crippen LogP contribution < -0.4 is 4.74 Å². The standard InChI is InChI=1S/C22H25N3OS2/c1-4-10-25-21(16-28-20-8-6-5-7-9-20)23-24-22(25)27-12-11-26-19-14-17(2)13-18(3)15-19/h4-9,13-15H,1,10-12,16H2,2-3H3. The van der Waals surface area contributed by atoms with Crippen molar-refractivity contribution < 1.29 is 4.74 Å². The molecule has 0 fully saturated rings. The zero-order valence-corrected chi connectivity index (χ0v) is 17.9. The normalized spacial score (nSPS) is 10.8. The highest BCUT2D eigenvalue weighted by atomic mass is 32.2. The zero-order valence-electron chi connectivity index (χ0n) is 16.3. The SMILES string of the molecule is C=CCn1c(CSc2ccccc2)nnc1SCCOc1cc(C)cc(C)c1. The van der Waals surface area contributed by atoms with Crippen LogP contribution in [-0.2, 0) is 12.3 Å². The molecule has 0 aliphatic carbocycles. The molecule has 0 aliphatic heterocycles. The number of nitrogens with zero attached hydrogens (tertiary/aromatic N) is 3. The molecule has 0 saturated heterocycles. The second-order valence-corrected chi connectivity index (χ2v) is 8.53. The van der Waals surface area contributed by atoms with E-state index >= 15 is 0 Å². The van der Waals surface area contributed by atoms with Crippen LogP contribution in [0.5, 0.6) is 5.75 Å². The summed E-state index contributed by atoms with van der Waals surface area (Å²) in [6.07, 6.45) is 1.89. The van der Waals surface area contributed by atoms with Crippen molar-refractivity contribution in [2.45, 2.75) is 36.2 Å². The molecule has 0 amide bonds. The van der Waals surface area contributed by atoms with Crippen molar-refractivity contribution in [1.29, 1.82) is 0 Å². The second kappa shape index (κ2) is 10.4. The van der Waals surface area contributed by atoms with Crippen molar-refractivity contribution in [3.8, 4) is 5.75 Å². The number of allylic oxidation sites excluding steroid dienone is 1. The van der Waals surface area contributed by atoms with Crippen molar-refractivity contribution >= 4 is 23.5 Å². The van der Waals surface area contributed by atoms with Gasteiger partial charge in [0.15, 0.2) is 5.16 Å². The molecule has 2 aromatic carbocycles. The van der Waals surface area contributed by atoms with E-state index in [-0.39, 0.29) is 0 Å². The van der Waals surface area contributed by atoms with Crippen LogP contribution in [-0.4, -0.2) is 27.1 Å². The van der Waals surface area contributed by atoms with Crippen LogP contribution in [0.3, 0.4) is 0 Å². The molecule has 146 valence electrons. The fourth-order valence-corrected chi connectivity index (χ4v) is 4.46. The Morgan fingerprint density at radius 3 is 2.50 bits per heavy atom. The highest BCUT2D eigenvalue weighted by Crippen LogP contribution is 2.25. The Labute approximate surface area is 175 Å². The second-order valence-electron chi connectivity index (χ2n) is 6.42. The van der Waals surface area contributed by atoms with E-state index < -0.39 is 0 Å². The minimum atomic E-state index is 0.628. The van der Waals surface area contributed by atoms with Gasteiger partial charge in [0.05, 0.1) is 12.4 Å². The smallest absolute Gasteiger partial charge is 0.191 e. The molecule has 0 spiro atoms. The Kier molecular flexibility index (Phi) is 7.62. The van der Waals surface area contributed by atoms with Crippen LogP contribution in [0.25, 0.3) is 0 Å². The van der Waals surface area contributed by atoms with E-state index in [1.165, 1.54) is 16.0 Å². The van der Waals surface area contributed by atoms with Gasteiger partial charge in [-0.15, -0.1) is 28.5 Å². The molecule has 0 N–H and O–H groups in total. The summed E-state index contributed by atoms with van der Waals surface area (Å²) in [5, 5.41) is 9.68. The number of thioether (sulfide) groups is 2. The van der Waals surface area contributed by atoms with Crippen molar-refractivity contribution in [2.24, 2.45) is 0 Å². The Bertz CT molecular complexity index is 889. The summed E-state index contributed by atoms with van der Waals surface area (Å²) in [6, 6.07) is 16.6. The van der Waals surface area contributed by atoms with Gasteiger partial charge in [0.1, 0.15) is 11.6 Å². The summed E-state index contributed by atoms with van der Waals surface area (Å²) >= 11 is 3.43. The van der Waals surface area contributed by atoms with E-state index in [9.17, 15) is 0 Å². The number of rotatable bonds is 10. The Morgan fingerprint density at radius 2 is 1.79 bits per heavy atom. The van der Waals surface area contributed by atoms with E-state index in [4.69, 9.17) is 4.74 Å². The molecular weight excluding hydrogens is 386 g/mol. The molecule has 0 radical (unpaired) electrons. The van der Waals surface area contributed by atoms with Gasteiger partial charge in [0.2, 0.25) is 0 Å². The van der Waals surface area contributed by atoms with Gasteiger partial charge in [0.25, 0.3) is 0 Å².